The molecule has 1 rings (SSSR count). The lowest BCUT2D eigenvalue weighted by atomic mass is 10.1. The molecule has 1 atom stereocenters. The molecule has 0 aliphatic carbocycles. The van der Waals surface area contributed by atoms with Crippen molar-refractivity contribution in [2.45, 2.75) is 18.9 Å². The van der Waals surface area contributed by atoms with Gasteiger partial charge in [0.25, 0.3) is 0 Å². The number of rotatable bonds is 1. The molecule has 0 aromatic rings. The molecule has 0 amide bonds. The van der Waals surface area contributed by atoms with Crippen molar-refractivity contribution < 1.29 is 14.3 Å². The summed E-state index contributed by atoms with van der Waals surface area (Å²) in [7, 11) is 3.59. The topological polar surface area (TPSA) is 46.6 Å². The average Bonchev–Trinajstić information content (AvgIpc) is 1.85. The highest BCUT2D eigenvalue weighted by atomic mass is 16.6. The molecule has 0 radical (unpaired) electrons. The van der Waals surface area contributed by atoms with E-state index in [1.807, 2.05) is 0 Å². The van der Waals surface area contributed by atoms with Gasteiger partial charge in [0.1, 0.15) is 6.04 Å². The van der Waals surface area contributed by atoms with Gasteiger partial charge in [-0.3, -0.25) is 9.69 Å². The normalized spacial score (nSPS) is 25.5. The fourth-order valence-electron chi connectivity index (χ4n) is 1.07. The summed E-state index contributed by atoms with van der Waals surface area (Å²) in [5.74, 6) is -0.834. The van der Waals surface area contributed by atoms with Crippen molar-refractivity contribution in [3.05, 3.63) is 0 Å². The third kappa shape index (κ3) is 1.77. The second-order valence-electron chi connectivity index (χ2n) is 2.81. The molecule has 1 heterocycles. The lowest BCUT2D eigenvalue weighted by molar-refractivity contribution is -0.167. The summed E-state index contributed by atoms with van der Waals surface area (Å²) < 4.78 is 4.44. The van der Waals surface area contributed by atoms with Gasteiger partial charge in [0.15, 0.2) is 0 Å². The minimum Gasteiger partial charge on any atom is -0.392 e. The van der Waals surface area contributed by atoms with Crippen LogP contribution in [0.2, 0.25) is 0 Å². The van der Waals surface area contributed by atoms with Crippen molar-refractivity contribution in [3.63, 3.8) is 0 Å². The van der Waals surface area contributed by atoms with Crippen molar-refractivity contribution in [2.75, 3.05) is 14.1 Å². The smallest absolute Gasteiger partial charge is 0.330 e. The van der Waals surface area contributed by atoms with Gasteiger partial charge in [-0.2, -0.15) is 0 Å². The average molecular weight is 157 g/mol. The Morgan fingerprint density at radius 1 is 1.45 bits per heavy atom. The molecular weight excluding hydrogens is 146 g/mol. The molecular formula is C7H11NO3. The van der Waals surface area contributed by atoms with Gasteiger partial charge in [0.2, 0.25) is 0 Å². The van der Waals surface area contributed by atoms with Gasteiger partial charge >= 0.3 is 11.9 Å². The Bertz CT molecular complexity index is 188. The van der Waals surface area contributed by atoms with E-state index in [1.54, 1.807) is 19.0 Å². The first-order valence-corrected chi connectivity index (χ1v) is 3.52. The number of nitrogens with zero attached hydrogens (tertiary/aromatic N) is 1. The van der Waals surface area contributed by atoms with E-state index in [0.717, 1.165) is 0 Å². The summed E-state index contributed by atoms with van der Waals surface area (Å²) in [4.78, 5) is 23.3. The zero-order valence-electron chi connectivity index (χ0n) is 6.66. The molecule has 0 spiro atoms. The predicted molar refractivity (Wildman–Crippen MR) is 37.8 cm³/mol. The van der Waals surface area contributed by atoms with Crippen LogP contribution in [-0.2, 0) is 14.3 Å². The molecule has 1 saturated heterocycles. The predicted octanol–water partition coefficient (Wildman–Crippen LogP) is -0.220. The highest BCUT2D eigenvalue weighted by Crippen LogP contribution is 2.12. The van der Waals surface area contributed by atoms with Crippen LogP contribution in [0.1, 0.15) is 12.8 Å². The zero-order valence-corrected chi connectivity index (χ0v) is 6.66. The van der Waals surface area contributed by atoms with Crippen molar-refractivity contribution in [3.8, 4) is 0 Å². The molecule has 4 heteroatoms. The Kier molecular flexibility index (Phi) is 2.24. The number of hydrogen-bond donors (Lipinski definition) is 0. The van der Waals surface area contributed by atoms with E-state index in [9.17, 15) is 9.59 Å². The monoisotopic (exact) mass is 157 g/mol. The third-order valence-electron chi connectivity index (χ3n) is 1.73. The van der Waals surface area contributed by atoms with E-state index in [2.05, 4.69) is 4.74 Å². The van der Waals surface area contributed by atoms with Crippen LogP contribution in [0.25, 0.3) is 0 Å². The second kappa shape index (κ2) is 3.00. The van der Waals surface area contributed by atoms with Crippen LogP contribution in [0.4, 0.5) is 0 Å². The maximum Gasteiger partial charge on any atom is 0.330 e. The molecule has 0 saturated carbocycles. The van der Waals surface area contributed by atoms with Gasteiger partial charge in [-0.1, -0.05) is 0 Å². The fourth-order valence-corrected chi connectivity index (χ4v) is 1.07. The minimum atomic E-state index is -0.425. The fraction of sp³-hybridized carbons (Fsp3) is 0.714. The van der Waals surface area contributed by atoms with Gasteiger partial charge in [-0.15, -0.1) is 0 Å². The maximum atomic E-state index is 11.0. The number of carbonyl (C=O) groups is 2. The number of esters is 2. The largest absolute Gasteiger partial charge is 0.392 e. The Labute approximate surface area is 65.1 Å². The van der Waals surface area contributed by atoms with Crippen LogP contribution in [-0.4, -0.2) is 37.0 Å². The second-order valence-corrected chi connectivity index (χ2v) is 2.81. The number of likely N-dealkylation sites (N-methyl/N-ethyl adjacent to an activating group) is 1. The third-order valence-corrected chi connectivity index (χ3v) is 1.73. The SMILES string of the molecule is CN(C)C1CCC(=O)OC1=O. The lowest BCUT2D eigenvalue weighted by Gasteiger charge is -2.24. The molecule has 62 valence electrons. The molecule has 0 aromatic heterocycles. The van der Waals surface area contributed by atoms with Crippen LogP contribution >= 0.6 is 0 Å². The van der Waals surface area contributed by atoms with Crippen molar-refractivity contribution in [1.29, 1.82) is 0 Å². The van der Waals surface area contributed by atoms with Crippen LogP contribution in [0, 0.1) is 0 Å². The van der Waals surface area contributed by atoms with Crippen LogP contribution < -0.4 is 0 Å². The summed E-state index contributed by atoms with van der Waals surface area (Å²) in [5.41, 5.74) is 0. The highest BCUT2D eigenvalue weighted by Gasteiger charge is 2.30. The molecule has 1 aliphatic rings. The summed E-state index contributed by atoms with van der Waals surface area (Å²) in [6.07, 6.45) is 0.916. The summed E-state index contributed by atoms with van der Waals surface area (Å²) in [5, 5.41) is 0. The van der Waals surface area contributed by atoms with E-state index < -0.39 is 11.9 Å². The molecule has 11 heavy (non-hydrogen) atoms. The first kappa shape index (κ1) is 8.20. The standard InChI is InChI=1S/C7H11NO3/c1-8(2)5-3-4-6(9)11-7(5)10/h5H,3-4H2,1-2H3. The number of carbonyl (C=O) groups excluding carboxylic acids is 2. The van der Waals surface area contributed by atoms with Crippen LogP contribution in [0.5, 0.6) is 0 Å². The Morgan fingerprint density at radius 3 is 2.55 bits per heavy atom. The molecule has 0 bridgehead atoms. The van der Waals surface area contributed by atoms with Gasteiger partial charge in [-0.25, -0.2) is 4.79 Å². The Balaban J connectivity index is 2.57. The summed E-state index contributed by atoms with van der Waals surface area (Å²) in [6.45, 7) is 0. The lowest BCUT2D eigenvalue weighted by Crippen LogP contribution is -2.41. The quantitative estimate of drug-likeness (QED) is 0.390. The van der Waals surface area contributed by atoms with E-state index >= 15 is 0 Å². The van der Waals surface area contributed by atoms with Gasteiger partial charge < -0.3 is 4.74 Å². The molecule has 0 N–H and O–H groups in total. The van der Waals surface area contributed by atoms with E-state index in [4.69, 9.17) is 0 Å². The molecule has 1 aliphatic heterocycles. The van der Waals surface area contributed by atoms with E-state index in [1.165, 1.54) is 0 Å². The van der Waals surface area contributed by atoms with Crippen molar-refractivity contribution >= 4 is 11.9 Å². The molecule has 4 nitrogen and oxygen atoms in total. The summed E-state index contributed by atoms with van der Waals surface area (Å²) >= 11 is 0. The number of hydrogen-bond acceptors (Lipinski definition) is 4. The van der Waals surface area contributed by atoms with Gasteiger partial charge in [-0.05, 0) is 20.5 Å². The number of cyclic esters (lactones) is 2. The molecule has 1 unspecified atom stereocenters. The van der Waals surface area contributed by atoms with E-state index in [-0.39, 0.29) is 6.04 Å². The minimum absolute atomic E-state index is 0.243. The zero-order chi connectivity index (χ0) is 8.43. The van der Waals surface area contributed by atoms with Gasteiger partial charge in [0.05, 0.1) is 0 Å². The van der Waals surface area contributed by atoms with Gasteiger partial charge in [0, 0.05) is 6.42 Å². The van der Waals surface area contributed by atoms with Crippen molar-refractivity contribution in [1.82, 2.24) is 4.90 Å². The summed E-state index contributed by atoms with van der Waals surface area (Å²) in [6, 6.07) is -0.243. The van der Waals surface area contributed by atoms with Crippen LogP contribution in [0.3, 0.4) is 0 Å². The Morgan fingerprint density at radius 2 is 2.09 bits per heavy atom. The molecule has 1 fully saturated rings. The number of ether oxygens (including phenoxy) is 1. The van der Waals surface area contributed by atoms with Crippen LogP contribution in [0.15, 0.2) is 0 Å². The molecule has 0 aromatic carbocycles. The Hall–Kier alpha value is -0.900. The maximum absolute atomic E-state index is 11.0. The van der Waals surface area contributed by atoms with Crippen molar-refractivity contribution in [2.24, 2.45) is 0 Å². The van der Waals surface area contributed by atoms with E-state index in [0.29, 0.717) is 12.8 Å². The first-order chi connectivity index (χ1) is 5.11. The first-order valence-electron chi connectivity index (χ1n) is 3.52. The highest BCUT2D eigenvalue weighted by molar-refractivity contribution is 5.91.